The lowest BCUT2D eigenvalue weighted by atomic mass is 10.1. The number of quaternary nitrogens is 1. The van der Waals surface area contributed by atoms with E-state index in [4.69, 9.17) is 21.1 Å². The summed E-state index contributed by atoms with van der Waals surface area (Å²) in [6, 6.07) is 13.1. The Balaban J connectivity index is 1.81. The second-order valence-corrected chi connectivity index (χ2v) is 8.85. The fourth-order valence-electron chi connectivity index (χ4n) is 4.18. The molecule has 12 heteroatoms. The van der Waals surface area contributed by atoms with E-state index >= 15 is 0 Å². The van der Waals surface area contributed by atoms with Crippen molar-refractivity contribution in [1.29, 1.82) is 0 Å². The van der Waals surface area contributed by atoms with Crippen molar-refractivity contribution in [3.63, 3.8) is 0 Å². The molecule has 2 aromatic rings. The summed E-state index contributed by atoms with van der Waals surface area (Å²) in [6.07, 6.45) is -1.37. The average molecular weight is 519 g/mol. The maximum Gasteiger partial charge on any atom is 0.517 e. The van der Waals surface area contributed by atoms with Crippen LogP contribution in [0.25, 0.3) is 0 Å². The molecule has 0 aliphatic carbocycles. The van der Waals surface area contributed by atoms with Crippen LogP contribution in [0.2, 0.25) is 0 Å². The molecule has 3 atom stereocenters. The van der Waals surface area contributed by atoms with Crippen LogP contribution >= 0.6 is 11.6 Å². The van der Waals surface area contributed by atoms with E-state index in [0.29, 0.717) is 11.1 Å². The van der Waals surface area contributed by atoms with E-state index in [2.05, 4.69) is 5.32 Å². The van der Waals surface area contributed by atoms with Gasteiger partial charge in [-0.2, -0.15) is 4.79 Å². The number of halogens is 1. The lowest BCUT2D eigenvalue weighted by molar-refractivity contribution is -0.861. The zero-order valence-electron chi connectivity index (χ0n) is 19.4. The van der Waals surface area contributed by atoms with Gasteiger partial charge in [-0.15, -0.1) is 0 Å². The zero-order valence-corrected chi connectivity index (χ0v) is 20.2. The van der Waals surface area contributed by atoms with Crippen molar-refractivity contribution in [1.82, 2.24) is 5.32 Å². The van der Waals surface area contributed by atoms with Crippen molar-refractivity contribution >= 4 is 40.5 Å². The van der Waals surface area contributed by atoms with Crippen LogP contribution in [-0.2, 0) is 25.7 Å². The lowest BCUT2D eigenvalue weighted by Crippen LogP contribution is -2.61. The molecule has 0 radical (unpaired) electrons. The molecule has 1 fully saturated rings. The van der Waals surface area contributed by atoms with Gasteiger partial charge in [0.05, 0.1) is 17.0 Å². The van der Waals surface area contributed by atoms with E-state index in [9.17, 15) is 29.3 Å². The van der Waals surface area contributed by atoms with Crippen LogP contribution in [0.4, 0.5) is 10.5 Å². The Morgan fingerprint density at radius 1 is 1.11 bits per heavy atom. The lowest BCUT2D eigenvalue weighted by Gasteiger charge is -2.34. The van der Waals surface area contributed by atoms with Crippen molar-refractivity contribution in [2.24, 2.45) is 0 Å². The van der Waals surface area contributed by atoms with Gasteiger partial charge >= 0.3 is 12.1 Å². The number of esters is 1. The van der Waals surface area contributed by atoms with Gasteiger partial charge in [0.25, 0.3) is 10.9 Å². The highest BCUT2D eigenvalue weighted by Crippen LogP contribution is 2.32. The van der Waals surface area contributed by atoms with Crippen molar-refractivity contribution in [3.05, 3.63) is 75.8 Å². The molecule has 1 heterocycles. The predicted octanol–water partition coefficient (Wildman–Crippen LogP) is 2.95. The number of rotatable bonds is 9. The van der Waals surface area contributed by atoms with Crippen LogP contribution in [0.15, 0.2) is 54.6 Å². The van der Waals surface area contributed by atoms with Crippen molar-refractivity contribution in [2.75, 3.05) is 19.6 Å². The highest BCUT2D eigenvalue weighted by Gasteiger charge is 2.56. The number of benzene rings is 2. The number of nitrogens with one attached hydrogen (secondary N) is 1. The van der Waals surface area contributed by atoms with Crippen LogP contribution in [-0.4, -0.2) is 64.4 Å². The first-order valence-corrected chi connectivity index (χ1v) is 11.4. The molecule has 1 aliphatic rings. The third-order valence-corrected chi connectivity index (χ3v) is 6.03. The van der Waals surface area contributed by atoms with E-state index in [-0.39, 0.29) is 37.7 Å². The van der Waals surface area contributed by atoms with Crippen molar-refractivity contribution in [2.45, 2.75) is 32.1 Å². The summed E-state index contributed by atoms with van der Waals surface area (Å²) in [5.74, 6) is -0.926. The highest BCUT2D eigenvalue weighted by atomic mass is 35.5. The summed E-state index contributed by atoms with van der Waals surface area (Å²) >= 11 is 5.71. The number of nitrogens with zero attached hydrogens (tertiary/aromatic N) is 2. The number of ether oxygens (including phenoxy) is 2. The van der Waals surface area contributed by atoms with Gasteiger partial charge < -0.3 is 14.8 Å². The third kappa shape index (κ3) is 6.64. The van der Waals surface area contributed by atoms with E-state index in [1.807, 2.05) is 0 Å². The number of carbonyl (C=O) groups is 4. The number of amides is 2. The smallest absolute Gasteiger partial charge is 0.452 e. The molecule has 0 spiro atoms. The molecule has 0 saturated carbocycles. The van der Waals surface area contributed by atoms with Crippen LogP contribution < -0.4 is 5.32 Å². The summed E-state index contributed by atoms with van der Waals surface area (Å²) in [5.41, 5.74) is 0.711. The molecule has 0 aromatic heterocycles. The SMILES string of the molecule is CC(=O)NC[C@@H]1C[C@@H](OC(=O)c2ccccc2)C[N+]1(CC(=O)Cl)C(=O)OCc1ccc([N+](=O)[O-])cc1. The van der Waals surface area contributed by atoms with E-state index < -0.39 is 45.4 Å². The minimum Gasteiger partial charge on any atom is -0.452 e. The van der Waals surface area contributed by atoms with Crippen LogP contribution in [0, 0.1) is 10.1 Å². The van der Waals surface area contributed by atoms with Gasteiger partial charge in [0.1, 0.15) is 19.2 Å². The van der Waals surface area contributed by atoms with Gasteiger partial charge in [0, 0.05) is 25.5 Å². The Hall–Kier alpha value is -3.83. The molecule has 2 amide bonds. The second-order valence-electron chi connectivity index (χ2n) is 8.43. The first-order chi connectivity index (χ1) is 17.1. The third-order valence-electron chi connectivity index (χ3n) is 5.91. The Bertz CT molecular complexity index is 1140. The second kappa shape index (κ2) is 11.7. The summed E-state index contributed by atoms with van der Waals surface area (Å²) in [5, 5.41) is 12.7. The summed E-state index contributed by atoms with van der Waals surface area (Å²) in [6.45, 7) is 0.598. The monoisotopic (exact) mass is 518 g/mol. The number of carbonyl (C=O) groups excluding carboxylic acids is 4. The van der Waals surface area contributed by atoms with Gasteiger partial charge in [0.2, 0.25) is 5.91 Å². The van der Waals surface area contributed by atoms with Gasteiger partial charge in [-0.1, -0.05) is 18.2 Å². The number of hydrogen-bond acceptors (Lipinski definition) is 8. The zero-order chi connectivity index (χ0) is 26.3. The van der Waals surface area contributed by atoms with Crippen LogP contribution in [0.5, 0.6) is 0 Å². The van der Waals surface area contributed by atoms with Gasteiger partial charge in [-0.3, -0.25) is 19.7 Å². The molecule has 190 valence electrons. The Morgan fingerprint density at radius 3 is 2.36 bits per heavy atom. The molecule has 1 N–H and O–H groups in total. The summed E-state index contributed by atoms with van der Waals surface area (Å²) < 4.78 is 10.5. The molecule has 1 unspecified atom stereocenters. The fraction of sp³-hybridized carbons (Fsp3) is 0.333. The molecule has 3 rings (SSSR count). The quantitative estimate of drug-likeness (QED) is 0.175. The standard InChI is InChI=1S/C24H24ClN3O8/c1-16(29)26-12-20-11-21(36-23(31)18-5-3-2-4-6-18)13-28(20,14-22(25)30)24(32)35-15-17-7-9-19(10-8-17)27(33)34/h2-10,20-21H,11-15H2,1H3/p+1/t20-,21+,28?/m0/s1. The largest absolute Gasteiger partial charge is 0.517 e. The number of hydrogen-bond donors (Lipinski definition) is 1. The highest BCUT2D eigenvalue weighted by molar-refractivity contribution is 6.63. The van der Waals surface area contributed by atoms with E-state index in [0.717, 1.165) is 0 Å². The number of nitro benzene ring substituents is 1. The Labute approximate surface area is 211 Å². The molecule has 2 aromatic carbocycles. The maximum absolute atomic E-state index is 13.4. The van der Waals surface area contributed by atoms with E-state index in [1.54, 1.807) is 30.3 Å². The maximum atomic E-state index is 13.4. The summed E-state index contributed by atoms with van der Waals surface area (Å²) in [4.78, 5) is 59.9. The Morgan fingerprint density at radius 2 is 1.78 bits per heavy atom. The minimum absolute atomic E-state index is 0.0194. The minimum atomic E-state index is -0.801. The molecule has 0 bridgehead atoms. The first kappa shape index (κ1) is 26.8. The molecule has 11 nitrogen and oxygen atoms in total. The molecular formula is C24H25ClN3O8+. The van der Waals surface area contributed by atoms with Gasteiger partial charge in [-0.25, -0.2) is 9.28 Å². The molecule has 1 saturated heterocycles. The normalized spacial score (nSPS) is 20.8. The van der Waals surface area contributed by atoms with Gasteiger partial charge in [-0.05, 0) is 41.4 Å². The molecular weight excluding hydrogens is 494 g/mol. The van der Waals surface area contributed by atoms with Crippen molar-refractivity contribution in [3.8, 4) is 0 Å². The summed E-state index contributed by atoms with van der Waals surface area (Å²) in [7, 11) is 0. The van der Waals surface area contributed by atoms with E-state index in [1.165, 1.54) is 31.2 Å². The number of likely N-dealkylation sites (tertiary alicyclic amines) is 1. The van der Waals surface area contributed by atoms with Crippen molar-refractivity contribution < 1.29 is 38.1 Å². The van der Waals surface area contributed by atoms with Crippen LogP contribution in [0.1, 0.15) is 29.3 Å². The van der Waals surface area contributed by atoms with Gasteiger partial charge in [0.15, 0.2) is 12.6 Å². The average Bonchev–Trinajstić information content (AvgIpc) is 3.18. The first-order valence-electron chi connectivity index (χ1n) is 11.1. The van der Waals surface area contributed by atoms with Crippen LogP contribution in [0.3, 0.4) is 0 Å². The number of nitro groups is 1. The number of non-ortho nitro benzene ring substituents is 1. The molecule has 36 heavy (non-hydrogen) atoms. The topological polar surface area (TPSA) is 142 Å². The molecule has 1 aliphatic heterocycles. The Kier molecular flexibility index (Phi) is 8.73. The predicted molar refractivity (Wildman–Crippen MR) is 127 cm³/mol. The fourth-order valence-corrected chi connectivity index (χ4v) is 4.40.